The fourth-order valence-corrected chi connectivity index (χ4v) is 1.66. The number of carbonyl (C=O) groups is 1. The van der Waals surface area contributed by atoms with Crippen molar-refractivity contribution < 1.29 is 4.79 Å². The van der Waals surface area contributed by atoms with Crippen LogP contribution < -0.4 is 5.73 Å². The molecule has 3 heteroatoms. The average molecular weight is 184 g/mol. The first-order chi connectivity index (χ1) is 6.20. The van der Waals surface area contributed by atoms with Gasteiger partial charge in [0.05, 0.1) is 0 Å². The van der Waals surface area contributed by atoms with Gasteiger partial charge in [-0.1, -0.05) is 13.8 Å². The van der Waals surface area contributed by atoms with E-state index in [2.05, 4.69) is 13.8 Å². The van der Waals surface area contributed by atoms with Gasteiger partial charge in [-0.25, -0.2) is 0 Å². The maximum atomic E-state index is 11.8. The van der Waals surface area contributed by atoms with Crippen LogP contribution >= 0.6 is 0 Å². The van der Waals surface area contributed by atoms with Crippen LogP contribution in [0.1, 0.15) is 26.7 Å². The summed E-state index contributed by atoms with van der Waals surface area (Å²) in [5.41, 5.74) is 5.46. The molecule has 0 radical (unpaired) electrons. The number of carbonyl (C=O) groups excluding carboxylic acids is 1. The van der Waals surface area contributed by atoms with Gasteiger partial charge in [0.25, 0.3) is 0 Å². The number of amides is 1. The van der Waals surface area contributed by atoms with E-state index in [4.69, 9.17) is 5.73 Å². The zero-order valence-electron chi connectivity index (χ0n) is 8.62. The number of hydrogen-bond acceptors (Lipinski definition) is 2. The Bertz CT molecular complexity index is 176. The first-order valence-corrected chi connectivity index (χ1v) is 5.19. The molecule has 76 valence electrons. The van der Waals surface area contributed by atoms with Crippen LogP contribution in [-0.2, 0) is 4.79 Å². The summed E-state index contributed by atoms with van der Waals surface area (Å²) in [5.74, 6) is 1.22. The van der Waals surface area contributed by atoms with E-state index in [9.17, 15) is 4.79 Å². The zero-order chi connectivity index (χ0) is 9.84. The lowest BCUT2D eigenvalue weighted by Crippen LogP contribution is -2.37. The zero-order valence-corrected chi connectivity index (χ0v) is 8.62. The van der Waals surface area contributed by atoms with Crippen molar-refractivity contribution >= 4 is 5.91 Å². The van der Waals surface area contributed by atoms with Crippen LogP contribution in [0.3, 0.4) is 0 Å². The molecule has 0 heterocycles. The minimum absolute atomic E-state index is 0.304. The van der Waals surface area contributed by atoms with Crippen molar-refractivity contribution in [3.63, 3.8) is 0 Å². The Labute approximate surface area is 80.3 Å². The lowest BCUT2D eigenvalue weighted by molar-refractivity contribution is -0.132. The standard InChI is InChI=1S/C10H20N2O/c1-3-5-12(6-4-11)10(13)9-7-8(9)2/h8-9H,3-7,11H2,1-2H3. The normalized spacial score (nSPS) is 25.8. The van der Waals surface area contributed by atoms with Gasteiger partial charge in [0.1, 0.15) is 0 Å². The lowest BCUT2D eigenvalue weighted by Gasteiger charge is -2.21. The first kappa shape index (κ1) is 10.5. The molecule has 1 aliphatic carbocycles. The summed E-state index contributed by atoms with van der Waals surface area (Å²) in [7, 11) is 0. The second-order valence-corrected chi connectivity index (χ2v) is 3.93. The highest BCUT2D eigenvalue weighted by Gasteiger charge is 2.40. The number of nitrogens with two attached hydrogens (primary N) is 1. The predicted molar refractivity (Wildman–Crippen MR) is 53.2 cm³/mol. The van der Waals surface area contributed by atoms with Gasteiger partial charge in [0, 0.05) is 25.6 Å². The molecule has 1 saturated carbocycles. The summed E-state index contributed by atoms with van der Waals surface area (Å²) in [6, 6.07) is 0. The quantitative estimate of drug-likeness (QED) is 0.688. The van der Waals surface area contributed by atoms with E-state index in [1.165, 1.54) is 0 Å². The van der Waals surface area contributed by atoms with Crippen molar-refractivity contribution in [3.05, 3.63) is 0 Å². The van der Waals surface area contributed by atoms with Gasteiger partial charge in [-0.15, -0.1) is 0 Å². The van der Waals surface area contributed by atoms with Crippen LogP contribution in [0.25, 0.3) is 0 Å². The van der Waals surface area contributed by atoms with Gasteiger partial charge in [-0.3, -0.25) is 4.79 Å². The third-order valence-corrected chi connectivity index (χ3v) is 2.63. The molecule has 1 amide bonds. The molecule has 0 bridgehead atoms. The summed E-state index contributed by atoms with van der Waals surface area (Å²) in [4.78, 5) is 13.7. The third kappa shape index (κ3) is 2.69. The Hall–Kier alpha value is -0.570. The third-order valence-electron chi connectivity index (χ3n) is 2.63. The molecule has 2 unspecified atom stereocenters. The van der Waals surface area contributed by atoms with Crippen LogP contribution in [0.4, 0.5) is 0 Å². The largest absolute Gasteiger partial charge is 0.341 e. The van der Waals surface area contributed by atoms with Crippen LogP contribution in [0, 0.1) is 11.8 Å². The van der Waals surface area contributed by atoms with Crippen molar-refractivity contribution in [2.24, 2.45) is 17.6 Å². The maximum absolute atomic E-state index is 11.8. The molecule has 0 aromatic rings. The van der Waals surface area contributed by atoms with Crippen molar-refractivity contribution in [3.8, 4) is 0 Å². The highest BCUT2D eigenvalue weighted by atomic mass is 16.2. The Balaban J connectivity index is 2.38. The highest BCUT2D eigenvalue weighted by Crippen LogP contribution is 2.39. The number of hydrogen-bond donors (Lipinski definition) is 1. The maximum Gasteiger partial charge on any atom is 0.226 e. The molecule has 3 nitrogen and oxygen atoms in total. The summed E-state index contributed by atoms with van der Waals surface area (Å²) < 4.78 is 0. The highest BCUT2D eigenvalue weighted by molar-refractivity contribution is 5.81. The molecule has 0 aliphatic heterocycles. The molecule has 1 rings (SSSR count). The number of rotatable bonds is 5. The Kier molecular flexibility index (Phi) is 3.72. The Morgan fingerprint density at radius 1 is 1.54 bits per heavy atom. The van der Waals surface area contributed by atoms with E-state index >= 15 is 0 Å². The smallest absolute Gasteiger partial charge is 0.226 e. The molecule has 13 heavy (non-hydrogen) atoms. The average Bonchev–Trinajstić information content (AvgIpc) is 2.81. The van der Waals surface area contributed by atoms with E-state index < -0.39 is 0 Å². The molecule has 2 atom stereocenters. The van der Waals surface area contributed by atoms with E-state index in [-0.39, 0.29) is 0 Å². The second-order valence-electron chi connectivity index (χ2n) is 3.93. The van der Waals surface area contributed by atoms with Gasteiger partial charge in [-0.2, -0.15) is 0 Å². The van der Waals surface area contributed by atoms with Crippen LogP contribution in [-0.4, -0.2) is 30.4 Å². The van der Waals surface area contributed by atoms with Crippen LogP contribution in [0.2, 0.25) is 0 Å². The lowest BCUT2D eigenvalue weighted by atomic mass is 10.2. The molecule has 1 fully saturated rings. The van der Waals surface area contributed by atoms with Gasteiger partial charge < -0.3 is 10.6 Å². The Morgan fingerprint density at radius 2 is 2.15 bits per heavy atom. The van der Waals surface area contributed by atoms with Crippen LogP contribution in [0.5, 0.6) is 0 Å². The molecule has 0 saturated heterocycles. The molecular formula is C10H20N2O. The predicted octanol–water partition coefficient (Wildman–Crippen LogP) is 0.840. The van der Waals surface area contributed by atoms with Crippen molar-refractivity contribution in [1.29, 1.82) is 0 Å². The minimum atomic E-state index is 0.304. The summed E-state index contributed by atoms with van der Waals surface area (Å²) >= 11 is 0. The van der Waals surface area contributed by atoms with Crippen molar-refractivity contribution in [2.45, 2.75) is 26.7 Å². The van der Waals surface area contributed by atoms with Crippen molar-refractivity contribution in [2.75, 3.05) is 19.6 Å². The monoisotopic (exact) mass is 184 g/mol. The minimum Gasteiger partial charge on any atom is -0.341 e. The SMILES string of the molecule is CCCN(CCN)C(=O)C1CC1C. The van der Waals surface area contributed by atoms with Crippen molar-refractivity contribution in [1.82, 2.24) is 4.90 Å². The first-order valence-electron chi connectivity index (χ1n) is 5.19. The molecule has 2 N–H and O–H groups in total. The summed E-state index contributed by atoms with van der Waals surface area (Å²) in [5, 5.41) is 0. The second kappa shape index (κ2) is 4.61. The van der Waals surface area contributed by atoms with Gasteiger partial charge in [0.2, 0.25) is 5.91 Å². The topological polar surface area (TPSA) is 46.3 Å². The van der Waals surface area contributed by atoms with Gasteiger partial charge in [0.15, 0.2) is 0 Å². The number of nitrogens with zero attached hydrogens (tertiary/aromatic N) is 1. The van der Waals surface area contributed by atoms with Gasteiger partial charge >= 0.3 is 0 Å². The van der Waals surface area contributed by atoms with E-state index in [0.717, 1.165) is 25.9 Å². The fraction of sp³-hybridized carbons (Fsp3) is 0.900. The Morgan fingerprint density at radius 3 is 2.54 bits per heavy atom. The molecule has 0 aromatic carbocycles. The molecular weight excluding hydrogens is 164 g/mol. The summed E-state index contributed by atoms with van der Waals surface area (Å²) in [6.07, 6.45) is 2.09. The van der Waals surface area contributed by atoms with E-state index in [1.54, 1.807) is 0 Å². The molecule has 0 aromatic heterocycles. The fourth-order valence-electron chi connectivity index (χ4n) is 1.66. The van der Waals surface area contributed by atoms with E-state index in [1.807, 2.05) is 4.90 Å². The van der Waals surface area contributed by atoms with Crippen LogP contribution in [0.15, 0.2) is 0 Å². The molecule has 0 spiro atoms. The summed E-state index contributed by atoms with van der Waals surface area (Å²) in [6.45, 7) is 6.38. The van der Waals surface area contributed by atoms with Gasteiger partial charge in [-0.05, 0) is 18.8 Å². The molecule has 1 aliphatic rings. The van der Waals surface area contributed by atoms with E-state index in [0.29, 0.717) is 24.3 Å².